The number of carbonyl (C=O) groups excluding carboxylic acids is 4. The topological polar surface area (TPSA) is 134 Å². The Balaban J connectivity index is 2.89. The quantitative estimate of drug-likeness (QED) is 0.526. The molecule has 1 rings (SSSR count). The number of hydrogen-bond donors (Lipinski definition) is 2. The van der Waals surface area contributed by atoms with E-state index >= 15 is 0 Å². The Morgan fingerprint density at radius 1 is 1.21 bits per heavy atom. The van der Waals surface area contributed by atoms with E-state index in [1.54, 1.807) is 13.8 Å². The number of primary amides is 1. The Hall–Kier alpha value is -2.16. The summed E-state index contributed by atoms with van der Waals surface area (Å²) in [6, 6.07) is -1.38. The maximum Gasteiger partial charge on any atom is 0.312 e. The van der Waals surface area contributed by atoms with E-state index in [1.807, 2.05) is 0 Å². The first-order valence-corrected chi connectivity index (χ1v) is 7.94. The molecule has 0 aromatic carbocycles. The normalized spacial score (nSPS) is 19.2. The van der Waals surface area contributed by atoms with Gasteiger partial charge in [-0.25, -0.2) is 0 Å². The third kappa shape index (κ3) is 5.80. The highest BCUT2D eigenvalue weighted by Gasteiger charge is 2.38. The second kappa shape index (κ2) is 9.86. The van der Waals surface area contributed by atoms with Crippen LogP contribution in [0.1, 0.15) is 33.1 Å². The second-order valence-electron chi connectivity index (χ2n) is 5.26. The molecule has 9 nitrogen and oxygen atoms in total. The zero-order chi connectivity index (χ0) is 18.1. The van der Waals surface area contributed by atoms with Crippen LogP contribution < -0.4 is 11.1 Å². The molecule has 24 heavy (non-hydrogen) atoms. The Bertz CT molecular complexity index is 474. The molecule has 1 aliphatic heterocycles. The smallest absolute Gasteiger partial charge is 0.312 e. The first-order chi connectivity index (χ1) is 11.4. The molecule has 3 atom stereocenters. The fourth-order valence-electron chi connectivity index (χ4n) is 2.39. The van der Waals surface area contributed by atoms with Crippen LogP contribution in [0.25, 0.3) is 0 Å². The van der Waals surface area contributed by atoms with Gasteiger partial charge in [-0.15, -0.1) is 0 Å². The summed E-state index contributed by atoms with van der Waals surface area (Å²) in [6.45, 7) is 3.83. The van der Waals surface area contributed by atoms with Gasteiger partial charge in [-0.1, -0.05) is 0 Å². The monoisotopic (exact) mass is 344 g/mol. The van der Waals surface area contributed by atoms with Crippen molar-refractivity contribution in [3.05, 3.63) is 0 Å². The highest BCUT2D eigenvalue weighted by atomic mass is 16.5. The van der Waals surface area contributed by atoms with E-state index in [9.17, 15) is 19.2 Å². The summed E-state index contributed by atoms with van der Waals surface area (Å²) in [4.78, 5) is 47.7. The molecule has 9 heteroatoms. The number of hydrogen-bond acceptors (Lipinski definition) is 7. The Morgan fingerprint density at radius 3 is 2.38 bits per heavy atom. The molecule has 136 valence electrons. The van der Waals surface area contributed by atoms with Gasteiger partial charge < -0.3 is 25.3 Å². The lowest BCUT2D eigenvalue weighted by Gasteiger charge is -2.24. The average Bonchev–Trinajstić information content (AvgIpc) is 3.05. The second-order valence-corrected chi connectivity index (χ2v) is 5.26. The Kier molecular flexibility index (Phi) is 8.17. The van der Waals surface area contributed by atoms with E-state index in [2.05, 4.69) is 5.32 Å². The molecule has 1 fully saturated rings. The van der Waals surface area contributed by atoms with Gasteiger partial charge in [0.05, 0.1) is 25.6 Å². The summed E-state index contributed by atoms with van der Waals surface area (Å²) in [5.74, 6) is -4.24. The molecular weight excluding hydrogens is 320 g/mol. The summed E-state index contributed by atoms with van der Waals surface area (Å²) in [6.07, 6.45) is 0.117. The van der Waals surface area contributed by atoms with E-state index in [0.717, 1.165) is 6.42 Å². The lowest BCUT2D eigenvalue weighted by molar-refractivity contribution is -0.157. The molecule has 0 aromatic heterocycles. The van der Waals surface area contributed by atoms with E-state index < -0.39 is 48.2 Å². The van der Waals surface area contributed by atoms with Crippen molar-refractivity contribution in [1.29, 1.82) is 0 Å². The van der Waals surface area contributed by atoms with Crippen molar-refractivity contribution in [1.82, 2.24) is 5.32 Å². The first-order valence-electron chi connectivity index (χ1n) is 7.94. The molecule has 2 amide bonds. The van der Waals surface area contributed by atoms with Gasteiger partial charge in [0, 0.05) is 6.61 Å². The summed E-state index contributed by atoms with van der Waals surface area (Å²) in [5, 5.41) is 2.40. The molecule has 1 aliphatic rings. The van der Waals surface area contributed by atoms with Crippen molar-refractivity contribution in [2.24, 2.45) is 11.7 Å². The molecule has 0 unspecified atom stereocenters. The molecule has 0 saturated carbocycles. The van der Waals surface area contributed by atoms with Crippen molar-refractivity contribution >= 4 is 23.8 Å². The number of carbonyl (C=O) groups is 4. The summed E-state index contributed by atoms with van der Waals surface area (Å²) in [7, 11) is 0. The minimum Gasteiger partial charge on any atom is -0.466 e. The molecular formula is C15H24N2O7. The number of amides is 2. The predicted molar refractivity (Wildman–Crippen MR) is 81.5 cm³/mol. The Morgan fingerprint density at radius 2 is 1.88 bits per heavy atom. The molecule has 0 aromatic rings. The lowest BCUT2D eigenvalue weighted by atomic mass is 9.95. The standard InChI is InChI=1S/C15H24N2O7/c1-3-22-11(18)8-9(15(21)23-4-2)12(13(16)19)17-14(20)10-6-5-7-24-10/h9-10,12H,3-8H2,1-2H3,(H2,16,19)(H,17,20)/t9-,10-,12-/m1/s1. The molecule has 0 aliphatic carbocycles. The van der Waals surface area contributed by atoms with Crippen LogP contribution in [0.4, 0.5) is 0 Å². The van der Waals surface area contributed by atoms with Gasteiger partial charge in [0.25, 0.3) is 0 Å². The zero-order valence-corrected chi connectivity index (χ0v) is 13.9. The fourth-order valence-corrected chi connectivity index (χ4v) is 2.39. The molecule has 0 spiro atoms. The average molecular weight is 344 g/mol. The molecule has 1 heterocycles. The van der Waals surface area contributed by atoms with Crippen LogP contribution in [0.3, 0.4) is 0 Å². The summed E-state index contributed by atoms with van der Waals surface area (Å²) >= 11 is 0. The number of nitrogens with one attached hydrogen (secondary N) is 1. The number of nitrogens with two attached hydrogens (primary N) is 1. The van der Waals surface area contributed by atoms with Gasteiger partial charge in [0.2, 0.25) is 11.8 Å². The molecule has 0 radical (unpaired) electrons. The third-order valence-corrected chi connectivity index (χ3v) is 3.51. The summed E-state index contributed by atoms with van der Waals surface area (Å²) < 4.78 is 14.9. The summed E-state index contributed by atoms with van der Waals surface area (Å²) in [5.41, 5.74) is 5.31. The maximum atomic E-state index is 12.1. The van der Waals surface area contributed by atoms with Crippen LogP contribution in [0.5, 0.6) is 0 Å². The van der Waals surface area contributed by atoms with E-state index in [0.29, 0.717) is 13.0 Å². The third-order valence-electron chi connectivity index (χ3n) is 3.51. The fraction of sp³-hybridized carbons (Fsp3) is 0.733. The van der Waals surface area contributed by atoms with Crippen molar-refractivity contribution in [3.63, 3.8) is 0 Å². The van der Waals surface area contributed by atoms with E-state index in [-0.39, 0.29) is 13.2 Å². The van der Waals surface area contributed by atoms with Crippen LogP contribution in [0.15, 0.2) is 0 Å². The Labute approximate surface area is 140 Å². The van der Waals surface area contributed by atoms with Crippen molar-refractivity contribution in [3.8, 4) is 0 Å². The van der Waals surface area contributed by atoms with Crippen LogP contribution in [0, 0.1) is 5.92 Å². The van der Waals surface area contributed by atoms with Gasteiger partial charge in [-0.3, -0.25) is 19.2 Å². The van der Waals surface area contributed by atoms with Crippen LogP contribution in [-0.2, 0) is 33.4 Å². The number of esters is 2. The maximum absolute atomic E-state index is 12.1. The van der Waals surface area contributed by atoms with E-state index in [4.69, 9.17) is 19.9 Å². The van der Waals surface area contributed by atoms with Crippen molar-refractivity contribution in [2.75, 3.05) is 19.8 Å². The molecule has 3 N–H and O–H groups in total. The van der Waals surface area contributed by atoms with Crippen molar-refractivity contribution in [2.45, 2.75) is 45.3 Å². The minimum atomic E-state index is -1.38. The highest BCUT2D eigenvalue weighted by molar-refractivity contribution is 5.93. The minimum absolute atomic E-state index is 0.0589. The van der Waals surface area contributed by atoms with Gasteiger partial charge >= 0.3 is 11.9 Å². The molecule has 1 saturated heterocycles. The number of ether oxygens (including phenoxy) is 3. The zero-order valence-electron chi connectivity index (χ0n) is 13.9. The van der Waals surface area contributed by atoms with E-state index in [1.165, 1.54) is 0 Å². The van der Waals surface area contributed by atoms with Crippen molar-refractivity contribution < 1.29 is 33.4 Å². The first kappa shape index (κ1) is 19.9. The largest absolute Gasteiger partial charge is 0.466 e. The van der Waals surface area contributed by atoms with Gasteiger partial charge in [0.15, 0.2) is 0 Å². The SMILES string of the molecule is CCOC(=O)C[C@@H](C(=O)OCC)[C@@H](NC(=O)[C@H]1CCCO1)C(N)=O. The molecule has 0 bridgehead atoms. The lowest BCUT2D eigenvalue weighted by Crippen LogP contribution is -2.54. The van der Waals surface area contributed by atoms with Crippen LogP contribution >= 0.6 is 0 Å². The van der Waals surface area contributed by atoms with Gasteiger partial charge in [0.1, 0.15) is 12.1 Å². The number of rotatable bonds is 9. The van der Waals surface area contributed by atoms with Gasteiger partial charge in [-0.05, 0) is 26.7 Å². The van der Waals surface area contributed by atoms with Gasteiger partial charge in [-0.2, -0.15) is 0 Å². The van der Waals surface area contributed by atoms with Crippen LogP contribution in [-0.4, -0.2) is 55.7 Å². The predicted octanol–water partition coefficient (Wildman–Crippen LogP) is -0.732. The highest BCUT2D eigenvalue weighted by Crippen LogP contribution is 2.16. The van der Waals surface area contributed by atoms with Crippen LogP contribution in [0.2, 0.25) is 0 Å².